The van der Waals surface area contributed by atoms with Crippen molar-refractivity contribution < 1.29 is 20.4 Å². The topological polar surface area (TPSA) is 84.2 Å². The lowest BCUT2D eigenvalue weighted by Gasteiger charge is -2.24. The van der Waals surface area contributed by atoms with E-state index < -0.39 is 24.9 Å². The number of aliphatic hydroxyl groups excluding tert-OH is 4. The third-order valence-corrected chi connectivity index (χ3v) is 4.00. The van der Waals surface area contributed by atoms with E-state index in [0.29, 0.717) is 4.32 Å². The summed E-state index contributed by atoms with van der Waals surface area (Å²) in [6, 6.07) is 0. The van der Waals surface area contributed by atoms with Gasteiger partial charge in [-0.2, -0.15) is 0 Å². The minimum atomic E-state index is -1.35. The van der Waals surface area contributed by atoms with Crippen molar-refractivity contribution in [1.82, 2.24) is 4.90 Å². The fraction of sp³-hybridized carbons (Fsp3) is 0.900. The van der Waals surface area contributed by atoms with Crippen LogP contribution in [0.2, 0.25) is 0 Å². The van der Waals surface area contributed by atoms with E-state index in [1.165, 1.54) is 11.8 Å². The van der Waals surface area contributed by atoms with E-state index in [1.807, 2.05) is 18.7 Å². The molecule has 3 atom stereocenters. The molecule has 0 heterocycles. The average molecular weight is 283 g/mol. The summed E-state index contributed by atoms with van der Waals surface area (Å²) in [7, 11) is 0. The summed E-state index contributed by atoms with van der Waals surface area (Å²) < 4.78 is 0.653. The zero-order valence-electron chi connectivity index (χ0n) is 10.1. The number of rotatable bonds is 7. The van der Waals surface area contributed by atoms with Gasteiger partial charge in [-0.05, 0) is 13.8 Å². The lowest BCUT2D eigenvalue weighted by atomic mass is 10.1. The molecule has 0 spiro atoms. The first kappa shape index (κ1) is 17.1. The predicted molar refractivity (Wildman–Crippen MR) is 73.1 cm³/mol. The molecule has 0 amide bonds. The molecule has 0 aliphatic rings. The summed E-state index contributed by atoms with van der Waals surface area (Å²) in [6.07, 6.45) is -3.80. The number of nitrogens with zero attached hydrogens (tertiary/aromatic N) is 1. The molecule has 4 N–H and O–H groups in total. The zero-order chi connectivity index (χ0) is 13.4. The van der Waals surface area contributed by atoms with Crippen molar-refractivity contribution in [3.63, 3.8) is 0 Å². The lowest BCUT2D eigenvalue weighted by molar-refractivity contribution is -0.0683. The van der Waals surface area contributed by atoms with E-state index in [-0.39, 0.29) is 5.75 Å². The fourth-order valence-corrected chi connectivity index (χ4v) is 2.61. The number of thiocarbonyl (C=S) groups is 1. The maximum atomic E-state index is 9.58. The number of hydrogen-bond donors (Lipinski definition) is 4. The molecule has 17 heavy (non-hydrogen) atoms. The van der Waals surface area contributed by atoms with Crippen LogP contribution in [0.1, 0.15) is 13.8 Å². The molecule has 0 aliphatic heterocycles. The molecule has 0 saturated carbocycles. The van der Waals surface area contributed by atoms with Gasteiger partial charge in [0.15, 0.2) is 0 Å². The molecule has 0 radical (unpaired) electrons. The Kier molecular flexibility index (Phi) is 9.11. The van der Waals surface area contributed by atoms with Gasteiger partial charge in [-0.3, -0.25) is 0 Å². The molecule has 0 bridgehead atoms. The van der Waals surface area contributed by atoms with Gasteiger partial charge in [0.05, 0.1) is 12.7 Å². The summed E-state index contributed by atoms with van der Waals surface area (Å²) in [6.45, 7) is 4.97. The molecular weight excluding hydrogens is 262 g/mol. The van der Waals surface area contributed by atoms with Gasteiger partial charge >= 0.3 is 0 Å². The predicted octanol–water partition coefficient (Wildman–Crippen LogP) is -0.579. The highest BCUT2D eigenvalue weighted by molar-refractivity contribution is 8.22. The third kappa shape index (κ3) is 5.98. The molecule has 0 saturated heterocycles. The molecule has 0 aromatic rings. The van der Waals surface area contributed by atoms with E-state index in [9.17, 15) is 10.2 Å². The summed E-state index contributed by atoms with van der Waals surface area (Å²) in [5.41, 5.74) is 0. The maximum absolute atomic E-state index is 9.58. The van der Waals surface area contributed by atoms with Crippen LogP contribution in [0.3, 0.4) is 0 Å². The van der Waals surface area contributed by atoms with Gasteiger partial charge in [-0.25, -0.2) is 0 Å². The number of aliphatic hydroxyl groups is 4. The normalized spacial score (nSPS) is 16.4. The maximum Gasteiger partial charge on any atom is 0.136 e. The summed E-state index contributed by atoms with van der Waals surface area (Å²) in [5.74, 6) is 0.188. The highest BCUT2D eigenvalue weighted by Crippen LogP contribution is 2.13. The Hall–Kier alpha value is 0.0800. The lowest BCUT2D eigenvalue weighted by Crippen LogP contribution is -2.41. The van der Waals surface area contributed by atoms with E-state index >= 15 is 0 Å². The second-order valence-electron chi connectivity index (χ2n) is 3.56. The molecule has 7 heteroatoms. The molecule has 0 aromatic carbocycles. The second-order valence-corrected chi connectivity index (χ2v) is 5.21. The molecular formula is C10H21NO4S2. The average Bonchev–Trinajstić information content (AvgIpc) is 2.35. The molecule has 0 rings (SSSR count). The van der Waals surface area contributed by atoms with Crippen molar-refractivity contribution in [3.05, 3.63) is 0 Å². The molecule has 102 valence electrons. The van der Waals surface area contributed by atoms with Crippen LogP contribution in [0.4, 0.5) is 0 Å². The van der Waals surface area contributed by atoms with Gasteiger partial charge in [0, 0.05) is 18.8 Å². The Morgan fingerprint density at radius 3 is 2.12 bits per heavy atom. The first-order valence-electron chi connectivity index (χ1n) is 5.54. The van der Waals surface area contributed by atoms with Crippen LogP contribution in [0.15, 0.2) is 0 Å². The SMILES string of the molecule is CCN(CC)C(=S)SC[C@H](O)[C@@H](O)[C@H](O)CO. The van der Waals surface area contributed by atoms with E-state index in [4.69, 9.17) is 22.4 Å². The monoisotopic (exact) mass is 283 g/mol. The van der Waals surface area contributed by atoms with E-state index in [0.717, 1.165) is 13.1 Å². The van der Waals surface area contributed by atoms with Crippen LogP contribution in [-0.2, 0) is 0 Å². The largest absolute Gasteiger partial charge is 0.394 e. The van der Waals surface area contributed by atoms with Crippen LogP contribution in [0.25, 0.3) is 0 Å². The smallest absolute Gasteiger partial charge is 0.136 e. The van der Waals surface area contributed by atoms with Crippen molar-refractivity contribution >= 4 is 28.3 Å². The van der Waals surface area contributed by atoms with Gasteiger partial charge in [-0.15, -0.1) is 0 Å². The quantitative estimate of drug-likeness (QED) is 0.465. The highest BCUT2D eigenvalue weighted by atomic mass is 32.2. The Morgan fingerprint density at radius 2 is 1.71 bits per heavy atom. The fourth-order valence-electron chi connectivity index (χ4n) is 1.19. The van der Waals surface area contributed by atoms with Crippen LogP contribution in [-0.4, -0.2) is 73.4 Å². The van der Waals surface area contributed by atoms with Crippen molar-refractivity contribution in [3.8, 4) is 0 Å². The van der Waals surface area contributed by atoms with E-state index in [1.54, 1.807) is 0 Å². The minimum Gasteiger partial charge on any atom is -0.394 e. The zero-order valence-corrected chi connectivity index (χ0v) is 11.7. The van der Waals surface area contributed by atoms with Crippen LogP contribution in [0, 0.1) is 0 Å². The highest BCUT2D eigenvalue weighted by Gasteiger charge is 2.24. The van der Waals surface area contributed by atoms with Crippen LogP contribution >= 0.6 is 24.0 Å². The van der Waals surface area contributed by atoms with Crippen LogP contribution in [0.5, 0.6) is 0 Å². The minimum absolute atomic E-state index is 0.188. The van der Waals surface area contributed by atoms with Gasteiger partial charge in [0.25, 0.3) is 0 Å². The van der Waals surface area contributed by atoms with E-state index in [2.05, 4.69) is 0 Å². The van der Waals surface area contributed by atoms with Crippen molar-refractivity contribution in [2.24, 2.45) is 0 Å². The molecule has 5 nitrogen and oxygen atoms in total. The first-order valence-corrected chi connectivity index (χ1v) is 6.94. The van der Waals surface area contributed by atoms with Crippen molar-refractivity contribution in [2.75, 3.05) is 25.4 Å². The van der Waals surface area contributed by atoms with Crippen LogP contribution < -0.4 is 0 Å². The van der Waals surface area contributed by atoms with Gasteiger partial charge < -0.3 is 25.3 Å². The Balaban J connectivity index is 4.06. The Labute approximate surface area is 111 Å². The third-order valence-electron chi connectivity index (χ3n) is 2.37. The van der Waals surface area contributed by atoms with Gasteiger partial charge in [0.1, 0.15) is 16.5 Å². The van der Waals surface area contributed by atoms with Crippen molar-refractivity contribution in [1.29, 1.82) is 0 Å². The summed E-state index contributed by atoms with van der Waals surface area (Å²) >= 11 is 6.41. The van der Waals surface area contributed by atoms with Gasteiger partial charge in [-0.1, -0.05) is 24.0 Å². The number of thioether (sulfide) groups is 1. The van der Waals surface area contributed by atoms with Crippen molar-refractivity contribution in [2.45, 2.75) is 32.2 Å². The number of hydrogen-bond acceptors (Lipinski definition) is 6. The molecule has 0 unspecified atom stereocenters. The Bertz CT molecular complexity index is 226. The molecule has 0 fully saturated rings. The second kappa shape index (κ2) is 9.07. The standard InChI is InChI=1S/C10H21NO4S2/c1-3-11(4-2)10(16)17-6-8(14)9(15)7(13)5-12/h7-9,12-15H,3-6H2,1-2H3/t7-,8+,9+/m1/s1. The Morgan fingerprint density at radius 1 is 1.18 bits per heavy atom. The molecule has 0 aromatic heterocycles. The van der Waals surface area contributed by atoms with Gasteiger partial charge in [0.2, 0.25) is 0 Å². The first-order chi connectivity index (χ1) is 7.97. The summed E-state index contributed by atoms with van der Waals surface area (Å²) in [5, 5.41) is 36.8. The summed E-state index contributed by atoms with van der Waals surface area (Å²) in [4.78, 5) is 1.96. The molecule has 0 aliphatic carbocycles.